The molecule has 3 nitrogen and oxygen atoms in total. The second kappa shape index (κ2) is 7.12. The van der Waals surface area contributed by atoms with E-state index in [9.17, 15) is 4.79 Å². The molecule has 1 atom stereocenters. The van der Waals surface area contributed by atoms with E-state index in [0.29, 0.717) is 12.8 Å². The third-order valence-corrected chi connectivity index (χ3v) is 3.05. The summed E-state index contributed by atoms with van der Waals surface area (Å²) in [5, 5.41) is 0. The highest BCUT2D eigenvalue weighted by Crippen LogP contribution is 2.17. The summed E-state index contributed by atoms with van der Waals surface area (Å²) in [4.78, 5) is 11.6. The van der Waals surface area contributed by atoms with Gasteiger partial charge in [-0.25, -0.2) is 0 Å². The molecule has 106 valence electrons. The first-order valence-electron chi connectivity index (χ1n) is 6.40. The van der Waals surface area contributed by atoms with Gasteiger partial charge in [-0.2, -0.15) is 0 Å². The molecule has 1 aromatic carbocycles. The zero-order valence-corrected chi connectivity index (χ0v) is 14.1. The Morgan fingerprint density at radius 3 is 2.37 bits per heavy atom. The molecule has 1 unspecified atom stereocenters. The van der Waals surface area contributed by atoms with E-state index in [0.717, 1.165) is 5.75 Å². The molecule has 0 saturated carbocycles. The third-order valence-electron chi connectivity index (χ3n) is 2.33. The van der Waals surface area contributed by atoms with Crippen LogP contribution in [0.25, 0.3) is 0 Å². The Morgan fingerprint density at radius 2 is 1.84 bits per heavy atom. The van der Waals surface area contributed by atoms with Crippen molar-refractivity contribution < 1.29 is 14.3 Å². The zero-order chi connectivity index (χ0) is 14.5. The third kappa shape index (κ3) is 7.40. The van der Waals surface area contributed by atoms with Crippen LogP contribution in [0.4, 0.5) is 0 Å². The lowest BCUT2D eigenvalue weighted by molar-refractivity contribution is -0.155. The SMILES string of the molecule is CC(CCC(=O)OC(C)(C)C)Oc1ccc(I)cc1. The summed E-state index contributed by atoms with van der Waals surface area (Å²) in [7, 11) is 0. The van der Waals surface area contributed by atoms with Crippen LogP contribution in [-0.2, 0) is 9.53 Å². The number of rotatable bonds is 5. The summed E-state index contributed by atoms with van der Waals surface area (Å²) in [5.41, 5.74) is -0.419. The molecule has 0 spiro atoms. The Kier molecular flexibility index (Phi) is 6.10. The highest BCUT2D eigenvalue weighted by atomic mass is 127. The highest BCUT2D eigenvalue weighted by molar-refractivity contribution is 14.1. The Morgan fingerprint density at radius 1 is 1.26 bits per heavy atom. The van der Waals surface area contributed by atoms with Gasteiger partial charge in [-0.05, 0) is 81.0 Å². The quantitative estimate of drug-likeness (QED) is 0.571. The normalized spacial score (nSPS) is 12.9. The molecule has 0 radical (unpaired) electrons. The number of halogens is 1. The number of esters is 1. The number of hydrogen-bond donors (Lipinski definition) is 0. The molecule has 1 aromatic rings. The number of ether oxygens (including phenoxy) is 2. The molecule has 0 heterocycles. The van der Waals surface area contributed by atoms with E-state index in [1.165, 1.54) is 3.57 Å². The monoisotopic (exact) mass is 376 g/mol. The van der Waals surface area contributed by atoms with E-state index >= 15 is 0 Å². The summed E-state index contributed by atoms with van der Waals surface area (Å²) in [5.74, 6) is 0.655. The van der Waals surface area contributed by atoms with Crippen LogP contribution in [0.3, 0.4) is 0 Å². The number of benzene rings is 1. The average molecular weight is 376 g/mol. The smallest absolute Gasteiger partial charge is 0.306 e. The van der Waals surface area contributed by atoms with Crippen LogP contribution in [0.15, 0.2) is 24.3 Å². The molecule has 1 rings (SSSR count). The fourth-order valence-corrected chi connectivity index (χ4v) is 1.88. The highest BCUT2D eigenvalue weighted by Gasteiger charge is 2.17. The Bertz CT molecular complexity index is 406. The molecule has 0 N–H and O–H groups in total. The van der Waals surface area contributed by atoms with E-state index in [1.807, 2.05) is 52.0 Å². The summed E-state index contributed by atoms with van der Waals surface area (Å²) in [6.45, 7) is 7.57. The lowest BCUT2D eigenvalue weighted by atomic mass is 10.2. The van der Waals surface area contributed by atoms with Crippen molar-refractivity contribution in [3.8, 4) is 5.75 Å². The van der Waals surface area contributed by atoms with E-state index in [-0.39, 0.29) is 12.1 Å². The topological polar surface area (TPSA) is 35.5 Å². The van der Waals surface area contributed by atoms with Gasteiger partial charge >= 0.3 is 5.97 Å². The van der Waals surface area contributed by atoms with E-state index < -0.39 is 5.60 Å². The van der Waals surface area contributed by atoms with Gasteiger partial charge in [-0.3, -0.25) is 4.79 Å². The second-order valence-electron chi connectivity index (χ2n) is 5.51. The van der Waals surface area contributed by atoms with Gasteiger partial charge in [-0.15, -0.1) is 0 Å². The number of hydrogen-bond acceptors (Lipinski definition) is 3. The van der Waals surface area contributed by atoms with Crippen molar-refractivity contribution in [2.75, 3.05) is 0 Å². The molecular formula is C15H21IO3. The lowest BCUT2D eigenvalue weighted by Crippen LogP contribution is -2.25. The van der Waals surface area contributed by atoms with Crippen LogP contribution in [0.5, 0.6) is 5.75 Å². The van der Waals surface area contributed by atoms with Crippen molar-refractivity contribution in [2.45, 2.75) is 52.2 Å². The largest absolute Gasteiger partial charge is 0.491 e. The Balaban J connectivity index is 2.33. The minimum absolute atomic E-state index is 0.00687. The fraction of sp³-hybridized carbons (Fsp3) is 0.533. The van der Waals surface area contributed by atoms with Crippen LogP contribution in [0.1, 0.15) is 40.5 Å². The molecule has 0 bridgehead atoms. The van der Waals surface area contributed by atoms with Crippen LogP contribution < -0.4 is 4.74 Å². The summed E-state index contributed by atoms with van der Waals surface area (Å²) in [6, 6.07) is 7.87. The number of carbonyl (C=O) groups is 1. The minimum Gasteiger partial charge on any atom is -0.491 e. The van der Waals surface area contributed by atoms with Crippen molar-refractivity contribution in [1.82, 2.24) is 0 Å². The molecular weight excluding hydrogens is 355 g/mol. The van der Waals surface area contributed by atoms with Gasteiger partial charge in [0, 0.05) is 9.99 Å². The van der Waals surface area contributed by atoms with Gasteiger partial charge < -0.3 is 9.47 Å². The van der Waals surface area contributed by atoms with Crippen molar-refractivity contribution in [3.05, 3.63) is 27.8 Å². The number of carbonyl (C=O) groups excluding carboxylic acids is 1. The predicted molar refractivity (Wildman–Crippen MR) is 84.3 cm³/mol. The zero-order valence-electron chi connectivity index (χ0n) is 11.9. The summed E-state index contributed by atoms with van der Waals surface area (Å²) < 4.78 is 12.2. The molecule has 0 aromatic heterocycles. The molecule has 0 amide bonds. The van der Waals surface area contributed by atoms with Crippen LogP contribution in [0.2, 0.25) is 0 Å². The van der Waals surface area contributed by atoms with E-state index in [1.54, 1.807) is 0 Å². The first-order chi connectivity index (χ1) is 8.76. The average Bonchev–Trinajstić information content (AvgIpc) is 2.27. The Labute approximate surface area is 128 Å². The maximum Gasteiger partial charge on any atom is 0.306 e. The molecule has 0 aliphatic rings. The molecule has 0 saturated heterocycles. The Hall–Kier alpha value is -0.780. The van der Waals surface area contributed by atoms with Gasteiger partial charge in [0.25, 0.3) is 0 Å². The van der Waals surface area contributed by atoms with Gasteiger partial charge in [0.05, 0.1) is 6.10 Å². The van der Waals surface area contributed by atoms with E-state index in [2.05, 4.69) is 22.6 Å². The molecule has 19 heavy (non-hydrogen) atoms. The summed E-state index contributed by atoms with van der Waals surface area (Å²) in [6.07, 6.45) is 1.02. The van der Waals surface area contributed by atoms with Gasteiger partial charge in [0.2, 0.25) is 0 Å². The van der Waals surface area contributed by atoms with Crippen LogP contribution >= 0.6 is 22.6 Å². The van der Waals surface area contributed by atoms with Crippen molar-refractivity contribution in [1.29, 1.82) is 0 Å². The lowest BCUT2D eigenvalue weighted by Gasteiger charge is -2.20. The van der Waals surface area contributed by atoms with Crippen LogP contribution in [0, 0.1) is 3.57 Å². The minimum atomic E-state index is -0.419. The molecule has 0 aliphatic carbocycles. The van der Waals surface area contributed by atoms with Crippen LogP contribution in [-0.4, -0.2) is 17.7 Å². The predicted octanol–water partition coefficient (Wildman–Crippen LogP) is 4.18. The molecule has 4 heteroatoms. The van der Waals surface area contributed by atoms with E-state index in [4.69, 9.17) is 9.47 Å². The first kappa shape index (κ1) is 16.3. The first-order valence-corrected chi connectivity index (χ1v) is 7.48. The van der Waals surface area contributed by atoms with Crippen molar-refractivity contribution in [3.63, 3.8) is 0 Å². The standard InChI is InChI=1S/C15H21IO3/c1-11(5-10-14(17)19-15(2,3)4)18-13-8-6-12(16)7-9-13/h6-9,11H,5,10H2,1-4H3. The molecule has 0 aliphatic heterocycles. The van der Waals surface area contributed by atoms with Crippen molar-refractivity contribution in [2.24, 2.45) is 0 Å². The maximum absolute atomic E-state index is 11.6. The van der Waals surface area contributed by atoms with Gasteiger partial charge in [0.1, 0.15) is 11.4 Å². The second-order valence-corrected chi connectivity index (χ2v) is 6.75. The fourth-order valence-electron chi connectivity index (χ4n) is 1.52. The molecule has 0 fully saturated rings. The summed E-state index contributed by atoms with van der Waals surface area (Å²) >= 11 is 2.25. The van der Waals surface area contributed by atoms with Crippen molar-refractivity contribution >= 4 is 28.6 Å². The van der Waals surface area contributed by atoms with Gasteiger partial charge in [-0.1, -0.05) is 0 Å². The van der Waals surface area contributed by atoms with Gasteiger partial charge in [0.15, 0.2) is 0 Å². The maximum atomic E-state index is 11.6.